The molecular weight excluding hydrogens is 475 g/mol. The smallest absolute Gasteiger partial charge is 0.337 e. The minimum atomic E-state index is -0.425. The number of benzene rings is 3. The number of aromatic nitrogens is 4. The fourth-order valence-electron chi connectivity index (χ4n) is 3.83. The van der Waals surface area contributed by atoms with E-state index in [1.807, 2.05) is 30.3 Å². The van der Waals surface area contributed by atoms with Crippen LogP contribution in [0, 0.1) is 5.82 Å². The molecule has 0 saturated heterocycles. The molecule has 3 N–H and O–H groups in total. The fraction of sp³-hybridized carbons (Fsp3) is 0.0741. The second kappa shape index (κ2) is 10.2. The number of carbonyl (C=O) groups is 2. The number of H-pyrrole nitrogens is 1. The number of fused-ring (bicyclic) bond motifs is 1. The first-order valence-electron chi connectivity index (χ1n) is 11.3. The summed E-state index contributed by atoms with van der Waals surface area (Å²) in [5.74, 6) is -0.0786. The molecule has 2 aromatic heterocycles. The molecule has 37 heavy (non-hydrogen) atoms. The van der Waals surface area contributed by atoms with Gasteiger partial charge in [0.15, 0.2) is 5.82 Å². The third-order valence-corrected chi connectivity index (χ3v) is 5.61. The fourth-order valence-corrected chi connectivity index (χ4v) is 3.83. The van der Waals surface area contributed by atoms with Crippen LogP contribution >= 0.6 is 0 Å². The zero-order chi connectivity index (χ0) is 25.8. The van der Waals surface area contributed by atoms with Gasteiger partial charge in [-0.15, -0.1) is 0 Å². The summed E-state index contributed by atoms with van der Waals surface area (Å²) in [6, 6.07) is 20.3. The molecule has 0 bridgehead atoms. The van der Waals surface area contributed by atoms with Crippen molar-refractivity contribution in [1.82, 2.24) is 20.2 Å². The summed E-state index contributed by atoms with van der Waals surface area (Å²) < 4.78 is 18.1. The van der Waals surface area contributed by atoms with E-state index in [0.29, 0.717) is 28.6 Å². The summed E-state index contributed by atoms with van der Waals surface area (Å²) in [5.41, 5.74) is 4.01. The monoisotopic (exact) mass is 496 g/mol. The highest BCUT2D eigenvalue weighted by molar-refractivity contribution is 5.94. The Hall–Kier alpha value is -5.12. The van der Waals surface area contributed by atoms with Crippen LogP contribution in [-0.2, 0) is 16.0 Å². The molecule has 9 nitrogen and oxygen atoms in total. The first kappa shape index (κ1) is 23.6. The Bertz CT molecular complexity index is 1600. The van der Waals surface area contributed by atoms with Gasteiger partial charge in [-0.05, 0) is 53.6 Å². The number of methoxy groups -OCH3 is 1. The van der Waals surface area contributed by atoms with Crippen LogP contribution in [0.2, 0.25) is 0 Å². The first-order valence-corrected chi connectivity index (χ1v) is 11.3. The van der Waals surface area contributed by atoms with Gasteiger partial charge in [0.05, 0.1) is 24.6 Å². The number of nitrogens with one attached hydrogen (secondary N) is 3. The third-order valence-electron chi connectivity index (χ3n) is 5.61. The van der Waals surface area contributed by atoms with Crippen molar-refractivity contribution in [2.24, 2.45) is 0 Å². The maximum absolute atomic E-state index is 13.3. The van der Waals surface area contributed by atoms with Crippen molar-refractivity contribution in [3.8, 4) is 11.1 Å². The van der Waals surface area contributed by atoms with E-state index < -0.39 is 5.82 Å². The van der Waals surface area contributed by atoms with E-state index in [1.54, 1.807) is 24.3 Å². The summed E-state index contributed by atoms with van der Waals surface area (Å²) in [6.07, 6.45) is 1.49. The lowest BCUT2D eigenvalue weighted by atomic mass is 10.0. The summed E-state index contributed by atoms with van der Waals surface area (Å²) in [4.78, 5) is 32.7. The maximum Gasteiger partial charge on any atom is 0.337 e. The van der Waals surface area contributed by atoms with Gasteiger partial charge in [0.2, 0.25) is 5.91 Å². The first-order chi connectivity index (χ1) is 18.0. The summed E-state index contributed by atoms with van der Waals surface area (Å²) in [5, 5.41) is 13.6. The molecule has 5 rings (SSSR count). The molecular formula is C27H21FN6O3. The number of esters is 1. The molecule has 3 aromatic carbocycles. The van der Waals surface area contributed by atoms with Crippen LogP contribution in [0.4, 0.5) is 21.7 Å². The predicted octanol–water partition coefficient (Wildman–Crippen LogP) is 4.87. The third kappa shape index (κ3) is 5.43. The molecule has 10 heteroatoms. The van der Waals surface area contributed by atoms with E-state index >= 15 is 0 Å². The highest BCUT2D eigenvalue weighted by Gasteiger charge is 2.12. The molecule has 0 aliphatic heterocycles. The Morgan fingerprint density at radius 2 is 1.78 bits per heavy atom. The predicted molar refractivity (Wildman–Crippen MR) is 137 cm³/mol. The van der Waals surface area contributed by atoms with E-state index in [0.717, 1.165) is 22.0 Å². The molecule has 0 radical (unpaired) electrons. The van der Waals surface area contributed by atoms with Crippen molar-refractivity contribution in [3.63, 3.8) is 0 Å². The Kier molecular flexibility index (Phi) is 6.54. The number of ether oxygens (including phenoxy) is 1. The molecule has 0 saturated carbocycles. The van der Waals surface area contributed by atoms with Crippen molar-refractivity contribution in [1.29, 1.82) is 0 Å². The van der Waals surface area contributed by atoms with Crippen LogP contribution in [0.5, 0.6) is 0 Å². The van der Waals surface area contributed by atoms with E-state index in [9.17, 15) is 14.0 Å². The average molecular weight is 497 g/mol. The van der Waals surface area contributed by atoms with Crippen molar-refractivity contribution in [2.45, 2.75) is 6.42 Å². The van der Waals surface area contributed by atoms with Crippen LogP contribution in [0.3, 0.4) is 0 Å². The van der Waals surface area contributed by atoms with Crippen LogP contribution < -0.4 is 10.6 Å². The minimum absolute atomic E-state index is 0.0356. The highest BCUT2D eigenvalue weighted by atomic mass is 19.1. The van der Waals surface area contributed by atoms with Crippen molar-refractivity contribution < 1.29 is 18.7 Å². The Morgan fingerprint density at radius 3 is 2.57 bits per heavy atom. The summed E-state index contributed by atoms with van der Waals surface area (Å²) in [7, 11) is 1.35. The van der Waals surface area contributed by atoms with Crippen molar-refractivity contribution in [2.75, 3.05) is 17.7 Å². The quantitative estimate of drug-likeness (QED) is 0.275. The SMILES string of the molecule is COC(=O)c1ccc(-c2ccc3c(Nc4cc(CC(=O)Nc5cccc(F)c5)[nH]n4)ncnc3c2)cc1. The normalized spacial score (nSPS) is 10.8. The number of anilines is 3. The van der Waals surface area contributed by atoms with E-state index in [2.05, 4.69) is 30.8 Å². The lowest BCUT2D eigenvalue weighted by Gasteiger charge is -2.08. The second-order valence-electron chi connectivity index (χ2n) is 8.16. The standard InChI is InChI=1S/C27H21FN6O3/c1-37-27(36)17-7-5-16(6-8-17)18-9-10-22-23(11-18)29-15-30-26(22)32-24-13-21(33-34-24)14-25(35)31-20-4-2-3-19(28)12-20/h2-13,15H,14H2,1H3,(H,31,35)(H2,29,30,32,33,34). The largest absolute Gasteiger partial charge is 0.465 e. The van der Waals surface area contributed by atoms with Gasteiger partial charge in [0, 0.05) is 22.8 Å². The number of hydrogen-bond donors (Lipinski definition) is 3. The van der Waals surface area contributed by atoms with Gasteiger partial charge < -0.3 is 15.4 Å². The van der Waals surface area contributed by atoms with Crippen molar-refractivity contribution >= 4 is 40.1 Å². The number of rotatable bonds is 7. The molecule has 0 unspecified atom stereocenters. The lowest BCUT2D eigenvalue weighted by molar-refractivity contribution is -0.115. The summed E-state index contributed by atoms with van der Waals surface area (Å²) in [6.45, 7) is 0. The van der Waals surface area contributed by atoms with E-state index in [-0.39, 0.29) is 18.3 Å². The molecule has 0 aliphatic rings. The van der Waals surface area contributed by atoms with Gasteiger partial charge >= 0.3 is 5.97 Å². The van der Waals surface area contributed by atoms with Gasteiger partial charge in [-0.25, -0.2) is 19.2 Å². The average Bonchev–Trinajstić information content (AvgIpc) is 3.34. The molecule has 0 atom stereocenters. The van der Waals surface area contributed by atoms with Crippen LogP contribution in [-0.4, -0.2) is 39.2 Å². The van der Waals surface area contributed by atoms with Gasteiger partial charge in [-0.2, -0.15) is 5.10 Å². The van der Waals surface area contributed by atoms with Crippen LogP contribution in [0.1, 0.15) is 16.1 Å². The van der Waals surface area contributed by atoms with Gasteiger partial charge in [0.1, 0.15) is 18.0 Å². The minimum Gasteiger partial charge on any atom is -0.465 e. The Labute approximate surface area is 210 Å². The zero-order valence-electron chi connectivity index (χ0n) is 19.7. The molecule has 5 aromatic rings. The second-order valence-corrected chi connectivity index (χ2v) is 8.16. The topological polar surface area (TPSA) is 122 Å². The molecule has 1 amide bonds. The van der Waals surface area contributed by atoms with Gasteiger partial charge in [-0.1, -0.05) is 24.3 Å². The molecule has 0 aliphatic carbocycles. The Balaban J connectivity index is 1.29. The highest BCUT2D eigenvalue weighted by Crippen LogP contribution is 2.28. The van der Waals surface area contributed by atoms with Gasteiger partial charge in [-0.3, -0.25) is 9.89 Å². The maximum atomic E-state index is 13.3. The number of carbonyl (C=O) groups excluding carboxylic acids is 2. The van der Waals surface area contributed by atoms with Crippen molar-refractivity contribution in [3.05, 3.63) is 96.2 Å². The van der Waals surface area contributed by atoms with Gasteiger partial charge in [0.25, 0.3) is 0 Å². The molecule has 184 valence electrons. The summed E-state index contributed by atoms with van der Waals surface area (Å²) >= 11 is 0. The Morgan fingerprint density at radius 1 is 0.973 bits per heavy atom. The van der Waals surface area contributed by atoms with Crippen LogP contribution in [0.15, 0.2) is 79.1 Å². The number of nitrogens with zero attached hydrogens (tertiary/aromatic N) is 3. The molecule has 2 heterocycles. The number of amides is 1. The molecule has 0 fully saturated rings. The number of hydrogen-bond acceptors (Lipinski definition) is 7. The van der Waals surface area contributed by atoms with E-state index in [1.165, 1.54) is 31.6 Å². The zero-order valence-corrected chi connectivity index (χ0v) is 19.7. The lowest BCUT2D eigenvalue weighted by Crippen LogP contribution is -2.14. The molecule has 0 spiro atoms. The van der Waals surface area contributed by atoms with Crippen LogP contribution in [0.25, 0.3) is 22.0 Å². The number of aromatic amines is 1. The number of halogens is 1. The van der Waals surface area contributed by atoms with E-state index in [4.69, 9.17) is 4.74 Å².